The average Bonchev–Trinajstić information content (AvgIpc) is 2.12. The molecule has 0 saturated carbocycles. The van der Waals surface area contributed by atoms with Crippen LogP contribution in [0.2, 0.25) is 5.02 Å². The number of aliphatic carboxylic acids is 1. The molecule has 0 heterocycles. The van der Waals surface area contributed by atoms with Crippen molar-refractivity contribution in [2.45, 2.75) is 13.0 Å². The van der Waals surface area contributed by atoms with E-state index >= 15 is 0 Å². The lowest BCUT2D eigenvalue weighted by atomic mass is 10.0. The van der Waals surface area contributed by atoms with Crippen molar-refractivity contribution in [3.8, 4) is 0 Å². The summed E-state index contributed by atoms with van der Waals surface area (Å²) >= 11 is 5.65. The quantitative estimate of drug-likeness (QED) is 0.797. The molecule has 1 rings (SSSR count). The third-order valence-electron chi connectivity index (χ3n) is 1.90. The third-order valence-corrected chi connectivity index (χ3v) is 2.23. The lowest BCUT2D eigenvalue weighted by molar-refractivity contribution is -0.147. The largest absolute Gasteiger partial charge is 0.479 e. The summed E-state index contributed by atoms with van der Waals surface area (Å²) in [6.07, 6.45) is -1.79. The van der Waals surface area contributed by atoms with E-state index in [2.05, 4.69) is 0 Å². The number of carbonyl (C=O) groups is 1. The van der Waals surface area contributed by atoms with Crippen molar-refractivity contribution < 1.29 is 19.4 Å². The summed E-state index contributed by atoms with van der Waals surface area (Å²) in [4.78, 5) is 10.5. The maximum atomic E-state index is 13.0. The van der Waals surface area contributed by atoms with Crippen LogP contribution in [0.4, 0.5) is 4.39 Å². The number of carboxylic acids is 1. The summed E-state index contributed by atoms with van der Waals surface area (Å²) in [5.74, 6) is -2.05. The summed E-state index contributed by atoms with van der Waals surface area (Å²) in [6, 6.07) is 2.33. The molecule has 0 aliphatic rings. The van der Waals surface area contributed by atoms with Crippen molar-refractivity contribution in [3.05, 3.63) is 34.1 Å². The van der Waals surface area contributed by atoms with E-state index in [0.29, 0.717) is 0 Å². The van der Waals surface area contributed by atoms with E-state index in [4.69, 9.17) is 16.7 Å². The molecule has 76 valence electrons. The van der Waals surface area contributed by atoms with Crippen LogP contribution in [0, 0.1) is 12.7 Å². The van der Waals surface area contributed by atoms with Gasteiger partial charge in [0.05, 0.1) is 0 Å². The summed E-state index contributed by atoms with van der Waals surface area (Å²) in [6.45, 7) is 1.36. The van der Waals surface area contributed by atoms with Crippen molar-refractivity contribution in [2.24, 2.45) is 0 Å². The molecule has 0 amide bonds. The second kappa shape index (κ2) is 3.94. The molecule has 1 atom stereocenters. The predicted octanol–water partition coefficient (Wildman–Crippen LogP) is 1.91. The van der Waals surface area contributed by atoms with Crippen LogP contribution in [0.15, 0.2) is 12.1 Å². The lowest BCUT2D eigenvalue weighted by Crippen LogP contribution is -2.13. The van der Waals surface area contributed by atoms with Crippen LogP contribution < -0.4 is 0 Å². The lowest BCUT2D eigenvalue weighted by Gasteiger charge is -2.11. The van der Waals surface area contributed by atoms with Gasteiger partial charge in [0.25, 0.3) is 0 Å². The Hall–Kier alpha value is -1.13. The molecule has 1 unspecified atom stereocenters. The highest BCUT2D eigenvalue weighted by atomic mass is 35.5. The van der Waals surface area contributed by atoms with Crippen molar-refractivity contribution in [2.75, 3.05) is 0 Å². The van der Waals surface area contributed by atoms with E-state index in [1.807, 2.05) is 0 Å². The van der Waals surface area contributed by atoms with Crippen LogP contribution in [0.1, 0.15) is 17.2 Å². The highest BCUT2D eigenvalue weighted by Crippen LogP contribution is 2.28. The van der Waals surface area contributed by atoms with Gasteiger partial charge in [0.2, 0.25) is 0 Å². The molecule has 0 saturated heterocycles. The van der Waals surface area contributed by atoms with Gasteiger partial charge in [0, 0.05) is 10.6 Å². The number of carboxylic acid groups (broad SMARTS) is 1. The Kier molecular flexibility index (Phi) is 3.08. The molecule has 14 heavy (non-hydrogen) atoms. The van der Waals surface area contributed by atoms with Gasteiger partial charge in [-0.15, -0.1) is 0 Å². The first-order chi connectivity index (χ1) is 6.45. The van der Waals surface area contributed by atoms with Crippen molar-refractivity contribution in [3.63, 3.8) is 0 Å². The van der Waals surface area contributed by atoms with Gasteiger partial charge in [-0.25, -0.2) is 9.18 Å². The van der Waals surface area contributed by atoms with Crippen LogP contribution >= 0.6 is 11.6 Å². The molecule has 0 aliphatic heterocycles. The number of rotatable bonds is 2. The smallest absolute Gasteiger partial charge is 0.337 e. The Morgan fingerprint density at radius 1 is 1.57 bits per heavy atom. The van der Waals surface area contributed by atoms with Crippen LogP contribution in [0.25, 0.3) is 0 Å². The summed E-state index contributed by atoms with van der Waals surface area (Å²) in [5.41, 5.74) is -0.0495. The molecule has 0 aromatic heterocycles. The van der Waals surface area contributed by atoms with Gasteiger partial charge >= 0.3 is 5.97 Å². The fourth-order valence-corrected chi connectivity index (χ4v) is 1.44. The molecule has 0 spiro atoms. The Morgan fingerprint density at radius 2 is 2.14 bits per heavy atom. The highest BCUT2D eigenvalue weighted by Gasteiger charge is 2.22. The normalized spacial score (nSPS) is 12.6. The minimum atomic E-state index is -1.79. The molecular weight excluding hydrogens is 211 g/mol. The van der Waals surface area contributed by atoms with Gasteiger partial charge in [-0.1, -0.05) is 11.6 Å². The molecule has 2 N–H and O–H groups in total. The topological polar surface area (TPSA) is 57.5 Å². The zero-order chi connectivity index (χ0) is 10.9. The Bertz CT molecular complexity index is 379. The zero-order valence-electron chi connectivity index (χ0n) is 7.29. The van der Waals surface area contributed by atoms with Gasteiger partial charge in [0.15, 0.2) is 6.10 Å². The summed E-state index contributed by atoms with van der Waals surface area (Å²) in [7, 11) is 0. The third kappa shape index (κ3) is 1.86. The van der Waals surface area contributed by atoms with Crippen LogP contribution in [-0.4, -0.2) is 16.2 Å². The van der Waals surface area contributed by atoms with Crippen LogP contribution in [0.3, 0.4) is 0 Å². The fraction of sp³-hybridized carbons (Fsp3) is 0.222. The number of benzene rings is 1. The molecule has 0 bridgehead atoms. The molecule has 1 aromatic carbocycles. The monoisotopic (exact) mass is 218 g/mol. The SMILES string of the molecule is Cc1c(F)ccc(Cl)c1C(O)C(=O)O. The minimum Gasteiger partial charge on any atom is -0.479 e. The van der Waals surface area contributed by atoms with E-state index < -0.39 is 17.9 Å². The minimum absolute atomic E-state index is 0.0406. The molecular formula is C9H8ClFO3. The number of aliphatic hydroxyl groups is 1. The fourth-order valence-electron chi connectivity index (χ4n) is 1.13. The van der Waals surface area contributed by atoms with Crippen LogP contribution in [-0.2, 0) is 4.79 Å². The summed E-state index contributed by atoms with van der Waals surface area (Å²) < 4.78 is 13.0. The Labute approximate surface area is 84.7 Å². The first-order valence-corrected chi connectivity index (χ1v) is 4.18. The number of hydrogen-bond acceptors (Lipinski definition) is 2. The van der Waals surface area contributed by atoms with Crippen molar-refractivity contribution >= 4 is 17.6 Å². The molecule has 0 radical (unpaired) electrons. The van der Waals surface area contributed by atoms with Gasteiger partial charge in [0.1, 0.15) is 5.82 Å². The van der Waals surface area contributed by atoms with Gasteiger partial charge in [-0.3, -0.25) is 0 Å². The maximum Gasteiger partial charge on any atom is 0.337 e. The second-order valence-corrected chi connectivity index (χ2v) is 3.22. The summed E-state index contributed by atoms with van der Waals surface area (Å²) in [5, 5.41) is 17.8. The van der Waals surface area contributed by atoms with Gasteiger partial charge in [-0.2, -0.15) is 0 Å². The molecule has 1 aromatic rings. The molecule has 0 fully saturated rings. The van der Waals surface area contributed by atoms with Crippen molar-refractivity contribution in [1.82, 2.24) is 0 Å². The first kappa shape index (κ1) is 10.9. The molecule has 0 aliphatic carbocycles. The number of halogens is 2. The van der Waals surface area contributed by atoms with E-state index in [1.54, 1.807) is 0 Å². The Morgan fingerprint density at radius 3 is 2.64 bits per heavy atom. The van der Waals surface area contributed by atoms with Gasteiger partial charge < -0.3 is 10.2 Å². The predicted molar refractivity (Wildman–Crippen MR) is 48.7 cm³/mol. The number of aliphatic hydroxyl groups excluding tert-OH is 1. The molecule has 3 nitrogen and oxygen atoms in total. The number of hydrogen-bond donors (Lipinski definition) is 2. The second-order valence-electron chi connectivity index (χ2n) is 2.81. The zero-order valence-corrected chi connectivity index (χ0v) is 8.05. The van der Waals surface area contributed by atoms with Crippen molar-refractivity contribution in [1.29, 1.82) is 0 Å². The highest BCUT2D eigenvalue weighted by molar-refractivity contribution is 6.31. The van der Waals surface area contributed by atoms with E-state index in [1.165, 1.54) is 13.0 Å². The average molecular weight is 219 g/mol. The van der Waals surface area contributed by atoms with Gasteiger partial charge in [-0.05, 0) is 24.6 Å². The van der Waals surface area contributed by atoms with Crippen LogP contribution in [0.5, 0.6) is 0 Å². The van der Waals surface area contributed by atoms with E-state index in [-0.39, 0.29) is 16.1 Å². The van der Waals surface area contributed by atoms with E-state index in [0.717, 1.165) is 6.07 Å². The molecule has 5 heteroatoms. The Balaban J connectivity index is 3.32. The maximum absolute atomic E-state index is 13.0. The van der Waals surface area contributed by atoms with E-state index in [9.17, 15) is 14.3 Å². The standard InChI is InChI=1S/C9H8ClFO3/c1-4-6(11)3-2-5(10)7(4)8(12)9(13)14/h2-3,8,12H,1H3,(H,13,14). The first-order valence-electron chi connectivity index (χ1n) is 3.80.